The van der Waals surface area contributed by atoms with Gasteiger partial charge >= 0.3 is 0 Å². The van der Waals surface area contributed by atoms with E-state index in [-0.39, 0.29) is 23.5 Å². The van der Waals surface area contributed by atoms with Crippen LogP contribution in [0.15, 0.2) is 0 Å². The molecule has 0 aromatic heterocycles. The first kappa shape index (κ1) is 12.4. The Morgan fingerprint density at radius 3 is 2.54 bits per heavy atom. The summed E-state index contributed by atoms with van der Waals surface area (Å²) in [7, 11) is 0. The molecule has 4 nitrogen and oxygen atoms in total. The number of thioether (sulfide) groups is 1. The summed E-state index contributed by atoms with van der Waals surface area (Å²) in [6.45, 7) is 1.93. The second-order valence-corrected chi connectivity index (χ2v) is 3.86. The molecule has 0 radical (unpaired) electrons. The van der Waals surface area contributed by atoms with E-state index in [4.69, 9.17) is 5.73 Å². The van der Waals surface area contributed by atoms with E-state index in [2.05, 4.69) is 5.32 Å². The number of nitrogens with two attached hydrogens (primary N) is 1. The summed E-state index contributed by atoms with van der Waals surface area (Å²) in [6.07, 6.45) is 2.45. The van der Waals surface area contributed by atoms with Crippen LogP contribution >= 0.6 is 11.8 Å². The minimum Gasteiger partial charge on any atom is -0.354 e. The minimum atomic E-state index is -0.111. The Hall–Kier alpha value is -0.550. The van der Waals surface area contributed by atoms with Crippen molar-refractivity contribution in [1.29, 1.82) is 0 Å². The van der Waals surface area contributed by atoms with Crippen molar-refractivity contribution in [3.8, 4) is 0 Å². The van der Waals surface area contributed by atoms with Crippen LogP contribution in [0.3, 0.4) is 0 Å². The van der Waals surface area contributed by atoms with Gasteiger partial charge in [-0.25, -0.2) is 0 Å². The van der Waals surface area contributed by atoms with E-state index < -0.39 is 0 Å². The zero-order valence-electron chi connectivity index (χ0n) is 8.00. The number of Topliss-reactive ketones (excluding diaryl/α,β-unsaturated/α-hetero) is 1. The molecule has 0 heterocycles. The van der Waals surface area contributed by atoms with E-state index in [1.165, 1.54) is 18.7 Å². The minimum absolute atomic E-state index is 0.0318. The Balaban J connectivity index is 3.46. The molecule has 3 N–H and O–H groups in total. The van der Waals surface area contributed by atoms with Crippen molar-refractivity contribution in [2.24, 2.45) is 5.73 Å². The van der Waals surface area contributed by atoms with E-state index in [0.29, 0.717) is 13.0 Å². The van der Waals surface area contributed by atoms with Gasteiger partial charge < -0.3 is 15.8 Å². The van der Waals surface area contributed by atoms with Crippen LogP contribution in [0.4, 0.5) is 0 Å². The molecule has 5 heteroatoms. The third-order valence-electron chi connectivity index (χ3n) is 1.51. The third kappa shape index (κ3) is 7.80. The molecule has 0 saturated carbocycles. The van der Waals surface area contributed by atoms with Gasteiger partial charge in [0.25, 0.3) is 0 Å². The summed E-state index contributed by atoms with van der Waals surface area (Å²) < 4.78 is 0. The quantitative estimate of drug-likeness (QED) is 0.603. The van der Waals surface area contributed by atoms with Crippen molar-refractivity contribution in [1.82, 2.24) is 5.32 Å². The number of hydrogen-bond donors (Lipinski definition) is 2. The first-order chi connectivity index (χ1) is 6.06. The highest BCUT2D eigenvalue weighted by Crippen LogP contribution is 1.97. The summed E-state index contributed by atoms with van der Waals surface area (Å²) >= 11 is 1.49. The lowest BCUT2D eigenvalue weighted by molar-refractivity contribution is -0.124. The van der Waals surface area contributed by atoms with E-state index in [0.717, 1.165) is 0 Å². The molecule has 0 aliphatic heterocycles. The third-order valence-corrected chi connectivity index (χ3v) is 2.28. The molecule has 1 unspecified atom stereocenters. The van der Waals surface area contributed by atoms with E-state index in [1.807, 2.05) is 6.26 Å². The predicted octanol–water partition coefficient (Wildman–Crippen LogP) is 0.120. The van der Waals surface area contributed by atoms with Crippen molar-refractivity contribution in [2.75, 3.05) is 12.8 Å². The molecule has 0 aromatic rings. The Kier molecular flexibility index (Phi) is 6.62. The fraction of sp³-hybridized carbons (Fsp3) is 0.750. The average molecular weight is 204 g/mol. The lowest BCUT2D eigenvalue weighted by atomic mass is 10.2. The van der Waals surface area contributed by atoms with Crippen LogP contribution in [0.2, 0.25) is 0 Å². The van der Waals surface area contributed by atoms with Crippen LogP contribution in [0.1, 0.15) is 19.8 Å². The maximum atomic E-state index is 11.0. The zero-order valence-corrected chi connectivity index (χ0v) is 8.82. The summed E-state index contributed by atoms with van der Waals surface area (Å²) in [5.74, 6) is -0.0796. The lowest BCUT2D eigenvalue weighted by Gasteiger charge is -2.09. The van der Waals surface area contributed by atoms with Gasteiger partial charge in [-0.3, -0.25) is 4.79 Å². The maximum Gasteiger partial charge on any atom is 0.220 e. The van der Waals surface area contributed by atoms with Crippen molar-refractivity contribution in [3.05, 3.63) is 0 Å². The average Bonchev–Trinajstić information content (AvgIpc) is 2.10. The van der Waals surface area contributed by atoms with Crippen LogP contribution < -0.4 is 11.1 Å². The van der Waals surface area contributed by atoms with Crippen LogP contribution in [-0.4, -0.2) is 29.9 Å². The smallest absolute Gasteiger partial charge is 0.220 e. The topological polar surface area (TPSA) is 72.2 Å². The highest BCUT2D eigenvalue weighted by atomic mass is 32.2. The fourth-order valence-electron chi connectivity index (χ4n) is 0.676. The van der Waals surface area contributed by atoms with Gasteiger partial charge in [-0.1, -0.05) is 0 Å². The molecule has 13 heavy (non-hydrogen) atoms. The highest BCUT2D eigenvalue weighted by Gasteiger charge is 2.05. The number of carbonyl (C=O) groups excluding carboxylic acids is 2. The summed E-state index contributed by atoms with van der Waals surface area (Å²) in [5, 5.41) is 2.58. The van der Waals surface area contributed by atoms with Gasteiger partial charge in [-0.2, -0.15) is 0 Å². The largest absolute Gasteiger partial charge is 0.354 e. The zero-order chi connectivity index (χ0) is 10.3. The van der Waals surface area contributed by atoms with Gasteiger partial charge in [0, 0.05) is 19.4 Å². The first-order valence-corrected chi connectivity index (χ1v) is 5.39. The normalized spacial score (nSPS) is 12.2. The summed E-state index contributed by atoms with van der Waals surface area (Å²) in [4.78, 5) is 21.6. The number of nitrogens with one attached hydrogen (secondary N) is 1. The summed E-state index contributed by atoms with van der Waals surface area (Å²) in [5.41, 5.74) is 5.56. The molecule has 1 atom stereocenters. The Morgan fingerprint density at radius 2 is 2.08 bits per heavy atom. The van der Waals surface area contributed by atoms with Gasteiger partial charge in [-0.05, 0) is 13.2 Å². The number of rotatable bonds is 6. The fourth-order valence-corrected chi connectivity index (χ4v) is 0.926. The molecule has 0 saturated heterocycles. The standard InChI is InChI=1S/C8H16N2O2S/c1-6(11)3-4-8(12)10-5-7(9)13-2/h7H,3-5,9H2,1-2H3,(H,10,12). The molecule has 0 spiro atoms. The molecule has 0 fully saturated rings. The molecule has 0 aromatic carbocycles. The molecule has 0 aliphatic carbocycles. The van der Waals surface area contributed by atoms with Crippen molar-refractivity contribution in [3.63, 3.8) is 0 Å². The second-order valence-electron chi connectivity index (χ2n) is 2.78. The predicted molar refractivity (Wildman–Crippen MR) is 54.4 cm³/mol. The van der Waals surface area contributed by atoms with Gasteiger partial charge in [0.05, 0.1) is 5.37 Å². The maximum absolute atomic E-state index is 11.0. The highest BCUT2D eigenvalue weighted by molar-refractivity contribution is 7.99. The Morgan fingerprint density at radius 1 is 1.46 bits per heavy atom. The molecule has 0 bridgehead atoms. The van der Waals surface area contributed by atoms with E-state index >= 15 is 0 Å². The van der Waals surface area contributed by atoms with Crippen molar-refractivity contribution in [2.45, 2.75) is 25.1 Å². The van der Waals surface area contributed by atoms with Crippen LogP contribution in [0.5, 0.6) is 0 Å². The number of ketones is 1. The van der Waals surface area contributed by atoms with Crippen molar-refractivity contribution >= 4 is 23.5 Å². The molecule has 0 rings (SSSR count). The summed E-state index contributed by atoms with van der Waals surface area (Å²) in [6, 6.07) is 0. The van der Waals surface area contributed by atoms with E-state index in [1.54, 1.807) is 0 Å². The molecule has 76 valence electrons. The molecular formula is C8H16N2O2S. The number of amides is 1. The van der Waals surface area contributed by atoms with Crippen LogP contribution in [0.25, 0.3) is 0 Å². The number of hydrogen-bond acceptors (Lipinski definition) is 4. The van der Waals surface area contributed by atoms with Gasteiger partial charge in [0.2, 0.25) is 5.91 Å². The Labute approximate surface area is 82.6 Å². The first-order valence-electron chi connectivity index (χ1n) is 4.10. The monoisotopic (exact) mass is 204 g/mol. The SMILES string of the molecule is CSC(N)CNC(=O)CCC(C)=O. The van der Waals surface area contributed by atoms with Crippen LogP contribution in [-0.2, 0) is 9.59 Å². The second kappa shape index (κ2) is 6.91. The van der Waals surface area contributed by atoms with Gasteiger partial charge in [0.1, 0.15) is 5.78 Å². The Bertz CT molecular complexity index is 185. The van der Waals surface area contributed by atoms with E-state index in [9.17, 15) is 9.59 Å². The van der Waals surface area contributed by atoms with Crippen molar-refractivity contribution < 1.29 is 9.59 Å². The molecular weight excluding hydrogens is 188 g/mol. The molecule has 1 amide bonds. The number of carbonyl (C=O) groups is 2. The molecule has 0 aliphatic rings. The van der Waals surface area contributed by atoms with Crippen LogP contribution in [0, 0.1) is 0 Å². The lowest BCUT2D eigenvalue weighted by Crippen LogP contribution is -2.35. The van der Waals surface area contributed by atoms with Gasteiger partial charge in [-0.15, -0.1) is 11.8 Å². The van der Waals surface area contributed by atoms with Gasteiger partial charge in [0.15, 0.2) is 0 Å².